The number of rotatable bonds is 0. The van der Waals surface area contributed by atoms with Crippen molar-refractivity contribution in [3.05, 3.63) is 29.8 Å². The van der Waals surface area contributed by atoms with Crippen molar-refractivity contribution in [3.8, 4) is 0 Å². The summed E-state index contributed by atoms with van der Waals surface area (Å²) in [6, 6.07) is 8.16. The first-order valence-electron chi connectivity index (χ1n) is 4.63. The number of hydrogen-bond acceptors (Lipinski definition) is 2. The number of thiocarbonyl (C=S) groups is 1. The number of fused-ring (bicyclic) bond motifs is 1. The predicted molar refractivity (Wildman–Crippen MR) is 64.3 cm³/mol. The molecule has 0 fully saturated rings. The number of nitrogens with zero attached hydrogens (tertiary/aromatic N) is 1. The van der Waals surface area contributed by atoms with E-state index in [-0.39, 0.29) is 6.04 Å². The summed E-state index contributed by atoms with van der Waals surface area (Å²) in [7, 11) is 0. The summed E-state index contributed by atoms with van der Waals surface area (Å²) in [6.07, 6.45) is 0. The number of anilines is 1. The maximum Gasteiger partial charge on any atom is 0.104 e. The van der Waals surface area contributed by atoms with E-state index in [9.17, 15) is 0 Å². The van der Waals surface area contributed by atoms with Gasteiger partial charge >= 0.3 is 0 Å². The average molecular weight is 204 g/mol. The van der Waals surface area contributed by atoms with E-state index in [1.54, 1.807) is 0 Å². The minimum Gasteiger partial charge on any atom is -0.348 e. The van der Waals surface area contributed by atoms with Crippen molar-refractivity contribution in [3.63, 3.8) is 0 Å². The van der Waals surface area contributed by atoms with E-state index >= 15 is 0 Å². The number of benzene rings is 1. The van der Waals surface area contributed by atoms with Crippen molar-refractivity contribution in [2.75, 3.05) is 5.32 Å². The van der Waals surface area contributed by atoms with Gasteiger partial charge in [-0.15, -0.1) is 0 Å². The Balaban J connectivity index is 2.55. The molecule has 1 aliphatic heterocycles. The second-order valence-corrected chi connectivity index (χ2v) is 3.87. The lowest BCUT2D eigenvalue weighted by molar-refractivity contribution is 0.989. The summed E-state index contributed by atoms with van der Waals surface area (Å²) < 4.78 is 0. The number of para-hydroxylation sites is 1. The van der Waals surface area contributed by atoms with Crippen molar-refractivity contribution >= 4 is 28.6 Å². The van der Waals surface area contributed by atoms with Crippen LogP contribution in [0, 0.1) is 0 Å². The van der Waals surface area contributed by atoms with Crippen LogP contribution in [0.25, 0.3) is 0 Å². The van der Waals surface area contributed by atoms with Gasteiger partial charge in [0, 0.05) is 17.0 Å². The van der Waals surface area contributed by atoms with E-state index < -0.39 is 0 Å². The van der Waals surface area contributed by atoms with Gasteiger partial charge in [-0.2, -0.15) is 0 Å². The lowest BCUT2D eigenvalue weighted by Gasteiger charge is -2.08. The molecule has 1 aromatic rings. The molecular weight excluding hydrogens is 192 g/mol. The molecule has 1 heterocycles. The van der Waals surface area contributed by atoms with E-state index in [1.807, 2.05) is 32.0 Å². The third kappa shape index (κ3) is 1.55. The van der Waals surface area contributed by atoms with Crippen LogP contribution in [-0.4, -0.2) is 16.7 Å². The molecule has 0 radical (unpaired) electrons. The Morgan fingerprint density at radius 3 is 2.86 bits per heavy atom. The largest absolute Gasteiger partial charge is 0.348 e. The van der Waals surface area contributed by atoms with Gasteiger partial charge in [-0.3, -0.25) is 4.99 Å². The quantitative estimate of drug-likeness (QED) is 0.657. The maximum atomic E-state index is 5.23. The molecule has 0 spiro atoms. The summed E-state index contributed by atoms with van der Waals surface area (Å²) in [4.78, 5) is 5.30. The van der Waals surface area contributed by atoms with Crippen molar-refractivity contribution in [1.82, 2.24) is 0 Å². The molecule has 2 rings (SSSR count). The summed E-state index contributed by atoms with van der Waals surface area (Å²) in [5, 5.41) is 3.22. The van der Waals surface area contributed by atoms with Crippen LogP contribution in [0.2, 0.25) is 0 Å². The van der Waals surface area contributed by atoms with Crippen LogP contribution in [0.3, 0.4) is 0 Å². The van der Waals surface area contributed by atoms with Crippen LogP contribution in [0.1, 0.15) is 19.4 Å². The molecule has 0 aromatic heterocycles. The van der Waals surface area contributed by atoms with Crippen molar-refractivity contribution in [1.29, 1.82) is 0 Å². The van der Waals surface area contributed by atoms with Crippen LogP contribution in [-0.2, 0) is 0 Å². The molecule has 72 valence electrons. The zero-order valence-electron chi connectivity index (χ0n) is 8.24. The molecule has 0 aliphatic carbocycles. The number of hydrogen-bond donors (Lipinski definition) is 1. The fraction of sp³-hybridized carbons (Fsp3) is 0.273. The number of aliphatic imine (C=N–C) groups is 1. The third-order valence-electron chi connectivity index (χ3n) is 2.34. The molecule has 14 heavy (non-hydrogen) atoms. The van der Waals surface area contributed by atoms with Crippen LogP contribution in [0.5, 0.6) is 0 Å². The van der Waals surface area contributed by atoms with Gasteiger partial charge in [-0.25, -0.2) is 0 Å². The lowest BCUT2D eigenvalue weighted by atomic mass is 10.1. The molecule has 0 amide bonds. The topological polar surface area (TPSA) is 24.4 Å². The molecule has 3 heteroatoms. The number of nitrogens with one attached hydrogen (secondary N) is 1. The molecule has 0 bridgehead atoms. The van der Waals surface area contributed by atoms with Crippen molar-refractivity contribution in [2.45, 2.75) is 19.9 Å². The van der Waals surface area contributed by atoms with Crippen molar-refractivity contribution in [2.24, 2.45) is 4.99 Å². The minimum atomic E-state index is 0.0670. The molecule has 1 atom stereocenters. The monoisotopic (exact) mass is 204 g/mol. The van der Waals surface area contributed by atoms with Gasteiger partial charge < -0.3 is 5.32 Å². The SMILES string of the molecule is CC1=N[C@@H](C)C(=S)Nc2ccccc21. The highest BCUT2D eigenvalue weighted by atomic mass is 32.1. The average Bonchev–Trinajstić information content (AvgIpc) is 2.27. The Morgan fingerprint density at radius 1 is 1.36 bits per heavy atom. The first-order chi connectivity index (χ1) is 6.68. The van der Waals surface area contributed by atoms with Gasteiger partial charge in [0.25, 0.3) is 0 Å². The van der Waals surface area contributed by atoms with E-state index in [0.29, 0.717) is 0 Å². The Hall–Kier alpha value is -1.22. The maximum absolute atomic E-state index is 5.23. The highest BCUT2D eigenvalue weighted by Crippen LogP contribution is 2.20. The van der Waals surface area contributed by atoms with Gasteiger partial charge in [-0.05, 0) is 19.9 Å². The minimum absolute atomic E-state index is 0.0670. The van der Waals surface area contributed by atoms with Crippen molar-refractivity contribution < 1.29 is 0 Å². The van der Waals surface area contributed by atoms with E-state index in [2.05, 4.69) is 16.4 Å². The normalized spacial score (nSPS) is 20.6. The van der Waals surface area contributed by atoms with Gasteiger partial charge in [-0.1, -0.05) is 30.4 Å². The highest BCUT2D eigenvalue weighted by molar-refractivity contribution is 7.80. The zero-order chi connectivity index (χ0) is 10.1. The standard InChI is InChI=1S/C11H12N2S/c1-7-9-5-3-4-6-10(9)13-11(14)8(2)12-7/h3-6,8H,1-2H3,(H,13,14)/t8-/m0/s1. The third-order valence-corrected chi connectivity index (χ3v) is 2.78. The Morgan fingerprint density at radius 2 is 2.07 bits per heavy atom. The highest BCUT2D eigenvalue weighted by Gasteiger charge is 2.15. The lowest BCUT2D eigenvalue weighted by Crippen LogP contribution is -2.19. The van der Waals surface area contributed by atoms with Gasteiger partial charge in [0.05, 0.1) is 6.04 Å². The molecule has 0 saturated heterocycles. The van der Waals surface area contributed by atoms with E-state index in [4.69, 9.17) is 12.2 Å². The summed E-state index contributed by atoms with van der Waals surface area (Å²) >= 11 is 5.23. The predicted octanol–water partition coefficient (Wildman–Crippen LogP) is 2.64. The molecule has 2 nitrogen and oxygen atoms in total. The second kappa shape index (κ2) is 3.50. The molecule has 1 aliphatic rings. The Bertz CT molecular complexity index is 410. The summed E-state index contributed by atoms with van der Waals surface area (Å²) in [6.45, 7) is 4.02. The first-order valence-corrected chi connectivity index (χ1v) is 5.04. The van der Waals surface area contributed by atoms with Crippen LogP contribution in [0.15, 0.2) is 29.3 Å². The first kappa shape index (κ1) is 9.34. The fourth-order valence-electron chi connectivity index (χ4n) is 1.56. The Kier molecular flexibility index (Phi) is 2.33. The summed E-state index contributed by atoms with van der Waals surface area (Å²) in [5.41, 5.74) is 3.24. The Labute approximate surface area is 89.1 Å². The van der Waals surface area contributed by atoms with Gasteiger partial charge in [0.15, 0.2) is 0 Å². The molecule has 1 aromatic carbocycles. The second-order valence-electron chi connectivity index (χ2n) is 3.43. The molecule has 0 saturated carbocycles. The summed E-state index contributed by atoms with van der Waals surface area (Å²) in [5.74, 6) is 0. The molecular formula is C11H12N2S. The molecule has 1 N–H and O–H groups in total. The van der Waals surface area contributed by atoms with E-state index in [0.717, 1.165) is 22.0 Å². The number of benzodiazepines with no additional fused rings is 1. The van der Waals surface area contributed by atoms with Crippen LogP contribution < -0.4 is 5.32 Å². The smallest absolute Gasteiger partial charge is 0.104 e. The van der Waals surface area contributed by atoms with Crippen LogP contribution >= 0.6 is 12.2 Å². The fourth-order valence-corrected chi connectivity index (χ4v) is 1.73. The van der Waals surface area contributed by atoms with Crippen LogP contribution in [0.4, 0.5) is 5.69 Å². The zero-order valence-corrected chi connectivity index (χ0v) is 9.06. The molecule has 0 unspecified atom stereocenters. The van der Waals surface area contributed by atoms with Gasteiger partial charge in [0.2, 0.25) is 0 Å². The van der Waals surface area contributed by atoms with Gasteiger partial charge in [0.1, 0.15) is 4.99 Å². The van der Waals surface area contributed by atoms with E-state index in [1.165, 1.54) is 0 Å².